The molecule has 7 nitrogen and oxygen atoms in total. The van der Waals surface area contributed by atoms with Crippen LogP contribution in [0, 0.1) is 6.92 Å². The van der Waals surface area contributed by atoms with Crippen molar-refractivity contribution in [3.8, 4) is 11.5 Å². The number of hydrogen-bond acceptors (Lipinski definition) is 5. The lowest BCUT2D eigenvalue weighted by molar-refractivity contribution is 0.102. The highest BCUT2D eigenvalue weighted by Gasteiger charge is 2.30. The molecule has 0 aliphatic heterocycles. The van der Waals surface area contributed by atoms with Crippen LogP contribution in [0.2, 0.25) is 5.02 Å². The SMILES string of the molecule is COc1cc(OC)c(NC(=O)c2cc(C3CC3)nc3c2c(C)nn3C(C)(C)C)cc1Cl. The van der Waals surface area contributed by atoms with Gasteiger partial charge in [0.15, 0.2) is 5.65 Å². The molecule has 1 N–H and O–H groups in total. The number of aryl methyl sites for hydroxylation is 1. The van der Waals surface area contributed by atoms with Crippen molar-refractivity contribution in [3.05, 3.63) is 40.2 Å². The number of fused-ring (bicyclic) bond motifs is 1. The summed E-state index contributed by atoms with van der Waals surface area (Å²) in [6.07, 6.45) is 2.17. The van der Waals surface area contributed by atoms with E-state index in [9.17, 15) is 4.79 Å². The third-order valence-corrected chi connectivity index (χ3v) is 5.73. The monoisotopic (exact) mass is 442 g/mol. The standard InChI is InChI=1S/C23H27ClN4O3/c1-12-20-14(22(29)26-17-10-15(24)18(30-5)11-19(17)31-6)9-16(13-7-8-13)25-21(20)28(27-12)23(2,3)4/h9-11,13H,7-8H2,1-6H3,(H,26,29). The molecule has 1 saturated carbocycles. The Kier molecular flexibility index (Phi) is 5.33. The first-order chi connectivity index (χ1) is 14.6. The van der Waals surface area contributed by atoms with Crippen molar-refractivity contribution >= 4 is 34.2 Å². The van der Waals surface area contributed by atoms with Gasteiger partial charge in [-0.3, -0.25) is 4.79 Å². The van der Waals surface area contributed by atoms with E-state index in [4.69, 9.17) is 31.2 Å². The zero-order chi connectivity index (χ0) is 22.5. The van der Waals surface area contributed by atoms with Gasteiger partial charge in [0.25, 0.3) is 5.91 Å². The average Bonchev–Trinajstić information content (AvgIpc) is 3.50. The number of nitrogens with zero attached hydrogens (tertiary/aromatic N) is 3. The number of methoxy groups -OCH3 is 2. The highest BCUT2D eigenvalue weighted by molar-refractivity contribution is 6.32. The Morgan fingerprint density at radius 3 is 2.42 bits per heavy atom. The fraction of sp³-hybridized carbons (Fsp3) is 0.435. The second-order valence-electron chi connectivity index (χ2n) is 8.88. The zero-order valence-electron chi connectivity index (χ0n) is 18.7. The van der Waals surface area contributed by atoms with E-state index >= 15 is 0 Å². The number of benzene rings is 1. The number of carbonyl (C=O) groups is 1. The van der Waals surface area contributed by atoms with Crippen molar-refractivity contribution < 1.29 is 14.3 Å². The van der Waals surface area contributed by atoms with Crippen LogP contribution >= 0.6 is 11.6 Å². The van der Waals surface area contributed by atoms with Gasteiger partial charge in [0.2, 0.25) is 0 Å². The Balaban J connectivity index is 1.83. The van der Waals surface area contributed by atoms with Crippen molar-refractivity contribution in [2.24, 2.45) is 0 Å². The molecule has 31 heavy (non-hydrogen) atoms. The quantitative estimate of drug-likeness (QED) is 0.580. The predicted octanol–water partition coefficient (Wildman–Crippen LogP) is 5.30. The van der Waals surface area contributed by atoms with E-state index in [1.54, 1.807) is 12.1 Å². The summed E-state index contributed by atoms with van der Waals surface area (Å²) in [6, 6.07) is 5.18. The summed E-state index contributed by atoms with van der Waals surface area (Å²) in [5.74, 6) is 1.07. The van der Waals surface area contributed by atoms with E-state index in [-0.39, 0.29) is 11.4 Å². The number of pyridine rings is 1. The molecule has 0 bridgehead atoms. The van der Waals surface area contributed by atoms with Crippen LogP contribution in [0.15, 0.2) is 18.2 Å². The molecule has 0 spiro atoms. The molecule has 1 fully saturated rings. The van der Waals surface area contributed by atoms with Gasteiger partial charge in [0.05, 0.1) is 47.1 Å². The molecule has 3 aromatic rings. The van der Waals surface area contributed by atoms with Gasteiger partial charge in [0, 0.05) is 17.7 Å². The number of halogens is 1. The molecule has 1 aliphatic carbocycles. The van der Waals surface area contributed by atoms with Crippen LogP contribution in [0.5, 0.6) is 11.5 Å². The first-order valence-electron chi connectivity index (χ1n) is 10.3. The molecule has 0 radical (unpaired) electrons. The Morgan fingerprint density at radius 2 is 1.84 bits per heavy atom. The lowest BCUT2D eigenvalue weighted by atomic mass is 10.1. The highest BCUT2D eigenvalue weighted by atomic mass is 35.5. The molecule has 4 rings (SSSR count). The van der Waals surface area contributed by atoms with Crippen LogP contribution in [-0.2, 0) is 5.54 Å². The first-order valence-corrected chi connectivity index (χ1v) is 10.7. The second-order valence-corrected chi connectivity index (χ2v) is 9.28. The summed E-state index contributed by atoms with van der Waals surface area (Å²) < 4.78 is 12.6. The van der Waals surface area contributed by atoms with Gasteiger partial charge in [-0.25, -0.2) is 9.67 Å². The van der Waals surface area contributed by atoms with Gasteiger partial charge >= 0.3 is 0 Å². The number of aromatic nitrogens is 3. The number of hydrogen-bond donors (Lipinski definition) is 1. The molecule has 1 amide bonds. The van der Waals surface area contributed by atoms with Crippen LogP contribution in [0.3, 0.4) is 0 Å². The van der Waals surface area contributed by atoms with Gasteiger partial charge in [-0.1, -0.05) is 11.6 Å². The maximum absolute atomic E-state index is 13.5. The van der Waals surface area contributed by atoms with E-state index in [0.717, 1.165) is 35.3 Å². The summed E-state index contributed by atoms with van der Waals surface area (Å²) >= 11 is 6.28. The van der Waals surface area contributed by atoms with Crippen LogP contribution in [0.4, 0.5) is 5.69 Å². The van der Waals surface area contributed by atoms with E-state index < -0.39 is 0 Å². The predicted molar refractivity (Wildman–Crippen MR) is 122 cm³/mol. The third-order valence-electron chi connectivity index (χ3n) is 5.43. The molecule has 1 aliphatic rings. The van der Waals surface area contributed by atoms with E-state index in [1.165, 1.54) is 14.2 Å². The first kappa shape index (κ1) is 21.4. The van der Waals surface area contributed by atoms with Crippen LogP contribution in [0.1, 0.15) is 61.3 Å². The van der Waals surface area contributed by atoms with Gasteiger partial charge in [0.1, 0.15) is 11.5 Å². The van der Waals surface area contributed by atoms with Crippen molar-refractivity contribution in [2.45, 2.75) is 52.0 Å². The van der Waals surface area contributed by atoms with Crippen molar-refractivity contribution in [1.82, 2.24) is 14.8 Å². The van der Waals surface area contributed by atoms with Gasteiger partial charge < -0.3 is 14.8 Å². The number of carbonyl (C=O) groups excluding carboxylic acids is 1. The maximum atomic E-state index is 13.5. The van der Waals surface area contributed by atoms with Crippen LogP contribution < -0.4 is 14.8 Å². The lowest BCUT2D eigenvalue weighted by Crippen LogP contribution is -2.23. The molecular weight excluding hydrogens is 416 g/mol. The minimum absolute atomic E-state index is 0.259. The van der Waals surface area contributed by atoms with Crippen LogP contribution in [0.25, 0.3) is 11.0 Å². The van der Waals surface area contributed by atoms with Crippen molar-refractivity contribution in [1.29, 1.82) is 0 Å². The fourth-order valence-corrected chi connectivity index (χ4v) is 3.93. The molecule has 1 aromatic carbocycles. The van der Waals surface area contributed by atoms with E-state index in [2.05, 4.69) is 26.1 Å². The molecule has 2 heterocycles. The number of rotatable bonds is 5. The van der Waals surface area contributed by atoms with Crippen molar-refractivity contribution in [3.63, 3.8) is 0 Å². The number of anilines is 1. The molecule has 0 saturated heterocycles. The summed E-state index contributed by atoms with van der Waals surface area (Å²) in [5.41, 5.74) is 3.19. The molecular formula is C23H27ClN4O3. The molecule has 2 aromatic heterocycles. The minimum Gasteiger partial charge on any atom is -0.495 e. The normalized spacial score (nSPS) is 14.0. The number of ether oxygens (including phenoxy) is 2. The Hall–Kier alpha value is -2.80. The zero-order valence-corrected chi connectivity index (χ0v) is 19.4. The van der Waals surface area contributed by atoms with E-state index in [0.29, 0.717) is 33.7 Å². The fourth-order valence-electron chi connectivity index (χ4n) is 3.69. The smallest absolute Gasteiger partial charge is 0.256 e. The van der Waals surface area contributed by atoms with Gasteiger partial charge in [-0.15, -0.1) is 0 Å². The summed E-state index contributed by atoms with van der Waals surface area (Å²) in [7, 11) is 3.06. The van der Waals surface area contributed by atoms with Crippen LogP contribution in [-0.4, -0.2) is 34.9 Å². The molecule has 8 heteroatoms. The Labute approximate surface area is 186 Å². The Bertz CT molecular complexity index is 1180. The molecule has 0 unspecified atom stereocenters. The van der Waals surface area contributed by atoms with Gasteiger partial charge in [-0.2, -0.15) is 5.10 Å². The largest absolute Gasteiger partial charge is 0.495 e. The lowest BCUT2D eigenvalue weighted by Gasteiger charge is -2.20. The third kappa shape index (κ3) is 3.94. The Morgan fingerprint density at radius 1 is 1.16 bits per heavy atom. The summed E-state index contributed by atoms with van der Waals surface area (Å²) in [5, 5.41) is 8.81. The summed E-state index contributed by atoms with van der Waals surface area (Å²) in [6.45, 7) is 8.14. The minimum atomic E-state index is -0.262. The highest BCUT2D eigenvalue weighted by Crippen LogP contribution is 2.41. The molecule has 0 atom stereocenters. The second kappa shape index (κ2) is 7.71. The van der Waals surface area contributed by atoms with Crippen molar-refractivity contribution in [2.75, 3.05) is 19.5 Å². The number of nitrogens with one attached hydrogen (secondary N) is 1. The maximum Gasteiger partial charge on any atom is 0.256 e. The number of amides is 1. The van der Waals surface area contributed by atoms with E-state index in [1.807, 2.05) is 17.7 Å². The summed E-state index contributed by atoms with van der Waals surface area (Å²) in [4.78, 5) is 18.4. The van der Waals surface area contributed by atoms with Gasteiger partial charge in [-0.05, 0) is 52.7 Å². The topological polar surface area (TPSA) is 78.3 Å². The molecule has 164 valence electrons. The average molecular weight is 443 g/mol.